The second-order valence-electron chi connectivity index (χ2n) is 3.24. The molecule has 2 heterocycles. The van der Waals surface area contributed by atoms with Crippen LogP contribution < -0.4 is 16.6 Å². The first kappa shape index (κ1) is 12.3. The topological polar surface area (TPSA) is 119 Å². The molecule has 0 fully saturated rings. The molecule has 0 radical (unpaired) electrons. The fourth-order valence-corrected chi connectivity index (χ4v) is 1.83. The Morgan fingerprint density at radius 2 is 2.28 bits per heavy atom. The number of nitrogens with two attached hydrogens (primary N) is 1. The first-order valence-corrected chi connectivity index (χ1v) is 5.97. The number of nitrogen functional groups attached to an aromatic ring is 1. The van der Waals surface area contributed by atoms with Crippen molar-refractivity contribution in [1.29, 1.82) is 0 Å². The van der Waals surface area contributed by atoms with Crippen molar-refractivity contribution in [1.82, 2.24) is 20.2 Å². The highest BCUT2D eigenvalue weighted by atomic mass is 32.1. The number of aryl methyl sites for hydroxylation is 1. The van der Waals surface area contributed by atoms with Crippen LogP contribution in [0.15, 0.2) is 12.4 Å². The molecule has 2 aromatic rings. The molecule has 0 saturated heterocycles. The summed E-state index contributed by atoms with van der Waals surface area (Å²) in [4.78, 5) is 19.6. The van der Waals surface area contributed by atoms with Gasteiger partial charge in [-0.15, -0.1) is 10.2 Å². The van der Waals surface area contributed by atoms with Crippen molar-refractivity contribution < 1.29 is 4.79 Å². The van der Waals surface area contributed by atoms with E-state index in [1.54, 1.807) is 0 Å². The zero-order valence-electron chi connectivity index (χ0n) is 9.54. The molecule has 4 N–H and O–H groups in total. The summed E-state index contributed by atoms with van der Waals surface area (Å²) >= 11 is 1.32. The molecule has 9 heteroatoms. The van der Waals surface area contributed by atoms with E-state index in [9.17, 15) is 4.79 Å². The molecule has 2 aromatic heterocycles. The van der Waals surface area contributed by atoms with Crippen molar-refractivity contribution in [2.45, 2.75) is 13.3 Å². The molecule has 0 spiro atoms. The number of anilines is 2. The van der Waals surface area contributed by atoms with Crippen molar-refractivity contribution in [3.8, 4) is 0 Å². The summed E-state index contributed by atoms with van der Waals surface area (Å²) in [6.45, 7) is 1.97. The third-order valence-electron chi connectivity index (χ3n) is 2.00. The Morgan fingerprint density at radius 3 is 2.94 bits per heavy atom. The lowest BCUT2D eigenvalue weighted by atomic mass is 10.4. The fraction of sp³-hybridized carbons (Fsp3) is 0.222. The molecule has 2 rings (SSSR count). The number of rotatable bonds is 4. The molecule has 0 aliphatic carbocycles. The molecule has 18 heavy (non-hydrogen) atoms. The highest BCUT2D eigenvalue weighted by molar-refractivity contribution is 7.15. The van der Waals surface area contributed by atoms with Gasteiger partial charge in [-0.1, -0.05) is 18.3 Å². The minimum absolute atomic E-state index is 0.152. The molecule has 1 amide bonds. The molecular formula is C9H11N7OS. The van der Waals surface area contributed by atoms with Gasteiger partial charge in [0.2, 0.25) is 5.13 Å². The summed E-state index contributed by atoms with van der Waals surface area (Å²) in [6.07, 6.45) is 3.54. The van der Waals surface area contributed by atoms with Gasteiger partial charge in [0, 0.05) is 0 Å². The SMILES string of the molecule is CCc1nnc(NC(=O)c2cncc(NN)n2)s1. The lowest BCUT2D eigenvalue weighted by Crippen LogP contribution is -2.16. The minimum atomic E-state index is -0.404. The van der Waals surface area contributed by atoms with E-state index in [0.717, 1.165) is 11.4 Å². The van der Waals surface area contributed by atoms with E-state index in [1.807, 2.05) is 6.92 Å². The summed E-state index contributed by atoms with van der Waals surface area (Å²) < 4.78 is 0. The Morgan fingerprint density at radius 1 is 1.44 bits per heavy atom. The van der Waals surface area contributed by atoms with Gasteiger partial charge in [-0.3, -0.25) is 15.1 Å². The summed E-state index contributed by atoms with van der Waals surface area (Å²) in [5.74, 6) is 5.10. The molecular weight excluding hydrogens is 254 g/mol. The van der Waals surface area contributed by atoms with E-state index < -0.39 is 5.91 Å². The number of nitrogens with zero attached hydrogens (tertiary/aromatic N) is 4. The van der Waals surface area contributed by atoms with Gasteiger partial charge in [-0.25, -0.2) is 10.8 Å². The van der Waals surface area contributed by atoms with E-state index in [0.29, 0.717) is 10.9 Å². The van der Waals surface area contributed by atoms with E-state index in [-0.39, 0.29) is 5.69 Å². The van der Waals surface area contributed by atoms with Crippen LogP contribution in [0, 0.1) is 0 Å². The first-order chi connectivity index (χ1) is 8.72. The molecule has 0 aromatic carbocycles. The van der Waals surface area contributed by atoms with Gasteiger partial charge in [0.05, 0.1) is 12.4 Å². The second kappa shape index (κ2) is 5.47. The quantitative estimate of drug-likeness (QED) is 0.541. The summed E-state index contributed by atoms with van der Waals surface area (Å²) in [6, 6.07) is 0. The van der Waals surface area contributed by atoms with Gasteiger partial charge in [0.25, 0.3) is 5.91 Å². The van der Waals surface area contributed by atoms with Crippen LogP contribution in [-0.4, -0.2) is 26.1 Å². The number of carbonyl (C=O) groups is 1. The maximum absolute atomic E-state index is 11.8. The van der Waals surface area contributed by atoms with E-state index in [2.05, 4.69) is 30.9 Å². The highest BCUT2D eigenvalue weighted by Crippen LogP contribution is 2.16. The number of carbonyl (C=O) groups excluding carboxylic acids is 1. The van der Waals surface area contributed by atoms with Crippen molar-refractivity contribution in [2.75, 3.05) is 10.7 Å². The number of hydrogen-bond acceptors (Lipinski definition) is 8. The summed E-state index contributed by atoms with van der Waals surface area (Å²) in [5, 5.41) is 11.6. The van der Waals surface area contributed by atoms with Crippen LogP contribution in [0.25, 0.3) is 0 Å². The predicted molar refractivity (Wildman–Crippen MR) is 67.1 cm³/mol. The van der Waals surface area contributed by atoms with Gasteiger partial charge >= 0.3 is 0 Å². The Balaban J connectivity index is 2.11. The molecule has 0 aliphatic heterocycles. The number of amides is 1. The lowest BCUT2D eigenvalue weighted by molar-refractivity contribution is 0.102. The normalized spacial score (nSPS) is 10.1. The standard InChI is InChI=1S/C9H11N7OS/c1-2-7-15-16-9(18-7)13-8(17)5-3-11-4-6(12-5)14-10/h3-4H,2,10H2,1H3,(H,12,14)(H,13,16,17). The van der Waals surface area contributed by atoms with Crippen LogP contribution >= 0.6 is 11.3 Å². The van der Waals surface area contributed by atoms with E-state index >= 15 is 0 Å². The zero-order chi connectivity index (χ0) is 13.0. The van der Waals surface area contributed by atoms with Crippen LogP contribution in [0.4, 0.5) is 10.9 Å². The summed E-state index contributed by atoms with van der Waals surface area (Å²) in [7, 11) is 0. The average molecular weight is 265 g/mol. The van der Waals surface area contributed by atoms with Crippen LogP contribution in [0.1, 0.15) is 22.4 Å². The molecule has 0 unspecified atom stereocenters. The smallest absolute Gasteiger partial charge is 0.277 e. The van der Waals surface area contributed by atoms with Crippen LogP contribution in [0.2, 0.25) is 0 Å². The third kappa shape index (κ3) is 2.76. The number of aromatic nitrogens is 4. The molecule has 8 nitrogen and oxygen atoms in total. The number of hydrogen-bond donors (Lipinski definition) is 3. The monoisotopic (exact) mass is 265 g/mol. The highest BCUT2D eigenvalue weighted by Gasteiger charge is 2.11. The van der Waals surface area contributed by atoms with Crippen molar-refractivity contribution >= 4 is 28.2 Å². The second-order valence-corrected chi connectivity index (χ2v) is 4.30. The molecule has 0 atom stereocenters. The van der Waals surface area contributed by atoms with E-state index in [1.165, 1.54) is 23.7 Å². The fourth-order valence-electron chi connectivity index (χ4n) is 1.15. The van der Waals surface area contributed by atoms with Crippen LogP contribution in [0.5, 0.6) is 0 Å². The Bertz CT molecular complexity index is 555. The van der Waals surface area contributed by atoms with Crippen LogP contribution in [0.3, 0.4) is 0 Å². The Hall–Kier alpha value is -2.13. The third-order valence-corrected chi connectivity index (χ3v) is 2.99. The lowest BCUT2D eigenvalue weighted by Gasteiger charge is -2.02. The van der Waals surface area contributed by atoms with Crippen molar-refractivity contribution in [2.24, 2.45) is 5.84 Å². The number of hydrazine groups is 1. The van der Waals surface area contributed by atoms with Gasteiger partial charge in [-0.2, -0.15) is 0 Å². The maximum Gasteiger partial charge on any atom is 0.277 e. The van der Waals surface area contributed by atoms with Gasteiger partial charge in [-0.05, 0) is 6.42 Å². The van der Waals surface area contributed by atoms with Gasteiger partial charge in [0.15, 0.2) is 5.82 Å². The Kier molecular flexibility index (Phi) is 3.75. The molecule has 94 valence electrons. The van der Waals surface area contributed by atoms with Crippen molar-refractivity contribution in [3.63, 3.8) is 0 Å². The Labute approximate surface area is 107 Å². The van der Waals surface area contributed by atoms with Gasteiger partial charge in [0.1, 0.15) is 10.7 Å². The van der Waals surface area contributed by atoms with Crippen LogP contribution in [-0.2, 0) is 6.42 Å². The number of nitrogens with one attached hydrogen (secondary N) is 2. The average Bonchev–Trinajstić information content (AvgIpc) is 2.86. The minimum Gasteiger partial charge on any atom is -0.307 e. The largest absolute Gasteiger partial charge is 0.307 e. The predicted octanol–water partition coefficient (Wildman–Crippen LogP) is 0.428. The summed E-state index contributed by atoms with van der Waals surface area (Å²) in [5.41, 5.74) is 2.47. The maximum atomic E-state index is 11.8. The van der Waals surface area contributed by atoms with Gasteiger partial charge < -0.3 is 5.43 Å². The molecule has 0 aliphatic rings. The van der Waals surface area contributed by atoms with E-state index in [4.69, 9.17) is 5.84 Å². The molecule has 0 saturated carbocycles. The first-order valence-electron chi connectivity index (χ1n) is 5.15. The molecule has 0 bridgehead atoms. The van der Waals surface area contributed by atoms with Crippen molar-refractivity contribution in [3.05, 3.63) is 23.1 Å². The zero-order valence-corrected chi connectivity index (χ0v) is 10.4.